The summed E-state index contributed by atoms with van der Waals surface area (Å²) in [4.78, 5) is 71.8. The number of aromatic nitrogens is 4. The van der Waals surface area contributed by atoms with Crippen molar-refractivity contribution in [3.8, 4) is 33.6 Å². The minimum atomic E-state index is -0.928. The topological polar surface area (TPSA) is 163 Å². The van der Waals surface area contributed by atoms with E-state index in [1.54, 1.807) is 17.3 Å². The predicted octanol–water partition coefficient (Wildman–Crippen LogP) is 6.89. The van der Waals surface area contributed by atoms with Crippen molar-refractivity contribution in [3.63, 3.8) is 0 Å². The summed E-state index contributed by atoms with van der Waals surface area (Å²) in [5.74, 6) is -0.685. The third-order valence-electron chi connectivity index (χ3n) is 11.3. The van der Waals surface area contributed by atoms with Crippen molar-refractivity contribution in [3.05, 3.63) is 96.1 Å². The number of methoxy groups -OCH3 is 2. The summed E-state index contributed by atoms with van der Waals surface area (Å²) in [5, 5.41) is 2.75. The maximum atomic E-state index is 14.0. The van der Waals surface area contributed by atoms with Gasteiger partial charge in [-0.1, -0.05) is 73.7 Å². The van der Waals surface area contributed by atoms with Crippen LogP contribution in [-0.4, -0.2) is 75.5 Å². The number of carbonyl (C=O) groups excluding carboxylic acids is 4. The normalized spacial score (nSPS) is 18.6. The SMILES string of the molecule is CCc1cccc2c1N(c1ncc(-c3ccc(-c4ccc(-c5cnc([C@@H]6CCCN6C(=O)[C@@H](NC(=O)OC)C6CC6)[nH]5)cc4)cc3)[nH]1)C(=O)[C@@H](C(=O)OC)CC2. The van der Waals surface area contributed by atoms with Crippen molar-refractivity contribution in [2.24, 2.45) is 11.8 Å². The smallest absolute Gasteiger partial charge is 0.407 e. The Labute approximate surface area is 324 Å². The van der Waals surface area contributed by atoms with Crippen molar-refractivity contribution in [2.45, 2.75) is 64.0 Å². The molecule has 13 heteroatoms. The number of carbonyl (C=O) groups is 4. The zero-order valence-electron chi connectivity index (χ0n) is 31.7. The van der Waals surface area contributed by atoms with Crippen LogP contribution in [0.25, 0.3) is 33.6 Å². The Kier molecular flexibility index (Phi) is 10.2. The molecule has 56 heavy (non-hydrogen) atoms. The number of aromatic amines is 2. The number of ether oxygens (including phenoxy) is 2. The van der Waals surface area contributed by atoms with E-state index in [0.29, 0.717) is 25.3 Å². The minimum Gasteiger partial charge on any atom is -0.468 e. The number of rotatable bonds is 10. The molecule has 3 aromatic carbocycles. The molecule has 1 saturated carbocycles. The Balaban J connectivity index is 0.974. The molecule has 4 heterocycles. The number of hydrogen-bond acceptors (Lipinski definition) is 8. The number of H-pyrrole nitrogens is 2. The summed E-state index contributed by atoms with van der Waals surface area (Å²) in [5.41, 5.74) is 8.31. The van der Waals surface area contributed by atoms with Gasteiger partial charge in [0.05, 0.1) is 49.7 Å². The first-order valence-corrected chi connectivity index (χ1v) is 19.3. The number of para-hydroxylation sites is 1. The molecule has 0 radical (unpaired) electrons. The van der Waals surface area contributed by atoms with E-state index in [0.717, 1.165) is 88.4 Å². The van der Waals surface area contributed by atoms with E-state index in [-0.39, 0.29) is 23.8 Å². The number of nitrogens with zero attached hydrogens (tertiary/aromatic N) is 4. The average molecular weight is 756 g/mol. The van der Waals surface area contributed by atoms with Crippen LogP contribution in [0, 0.1) is 11.8 Å². The lowest BCUT2D eigenvalue weighted by Crippen LogP contribution is -2.49. The molecule has 2 aliphatic heterocycles. The molecule has 3 atom stereocenters. The number of imidazole rings is 2. The largest absolute Gasteiger partial charge is 0.468 e. The van der Waals surface area contributed by atoms with E-state index in [1.165, 1.54) is 14.2 Å². The lowest BCUT2D eigenvalue weighted by molar-refractivity contribution is -0.149. The third-order valence-corrected chi connectivity index (χ3v) is 11.3. The van der Waals surface area contributed by atoms with Gasteiger partial charge in [-0.25, -0.2) is 19.7 Å². The highest BCUT2D eigenvalue weighted by molar-refractivity contribution is 6.10. The molecule has 5 aromatic rings. The van der Waals surface area contributed by atoms with Gasteiger partial charge in [-0.3, -0.25) is 14.4 Å². The molecule has 3 N–H and O–H groups in total. The number of benzene rings is 3. The van der Waals surface area contributed by atoms with Gasteiger partial charge in [0, 0.05) is 6.54 Å². The Hall–Kier alpha value is -6.24. The van der Waals surface area contributed by atoms with Crippen LogP contribution in [0.15, 0.2) is 79.1 Å². The summed E-state index contributed by atoms with van der Waals surface area (Å²) in [7, 11) is 2.62. The maximum Gasteiger partial charge on any atom is 0.407 e. The second-order valence-corrected chi connectivity index (χ2v) is 14.7. The maximum absolute atomic E-state index is 14.0. The number of alkyl carbamates (subject to hydrolysis) is 1. The molecule has 0 spiro atoms. The number of aryl methyl sites for hydroxylation is 2. The summed E-state index contributed by atoms with van der Waals surface area (Å²) in [6.45, 7) is 2.66. The number of amides is 3. The number of anilines is 2. The Morgan fingerprint density at radius 3 is 2.14 bits per heavy atom. The van der Waals surface area contributed by atoms with E-state index in [1.807, 2.05) is 66.4 Å². The van der Waals surface area contributed by atoms with Gasteiger partial charge in [-0.05, 0) is 84.2 Å². The molecule has 288 valence electrons. The molecular weight excluding hydrogens is 711 g/mol. The zero-order chi connectivity index (χ0) is 38.9. The molecule has 1 aliphatic carbocycles. The monoisotopic (exact) mass is 755 g/mol. The van der Waals surface area contributed by atoms with Gasteiger partial charge in [0.1, 0.15) is 17.8 Å². The number of likely N-dealkylation sites (tertiary alicyclic amines) is 1. The summed E-state index contributed by atoms with van der Waals surface area (Å²) >= 11 is 0. The molecule has 3 amide bonds. The Morgan fingerprint density at radius 2 is 1.50 bits per heavy atom. The minimum absolute atomic E-state index is 0.0840. The van der Waals surface area contributed by atoms with Gasteiger partial charge in [0.25, 0.3) is 0 Å². The quantitative estimate of drug-likeness (QED) is 0.103. The first-order chi connectivity index (χ1) is 27.3. The second-order valence-electron chi connectivity index (χ2n) is 14.7. The lowest BCUT2D eigenvalue weighted by Gasteiger charge is -2.28. The molecule has 1 saturated heterocycles. The van der Waals surface area contributed by atoms with Crippen LogP contribution in [0.3, 0.4) is 0 Å². The fourth-order valence-corrected chi connectivity index (χ4v) is 8.08. The first kappa shape index (κ1) is 36.7. The highest BCUT2D eigenvalue weighted by atomic mass is 16.5. The zero-order valence-corrected chi connectivity index (χ0v) is 31.7. The van der Waals surface area contributed by atoms with Gasteiger partial charge < -0.3 is 29.7 Å². The number of fused-ring (bicyclic) bond motifs is 1. The number of hydrogen-bond donors (Lipinski definition) is 3. The predicted molar refractivity (Wildman–Crippen MR) is 210 cm³/mol. The van der Waals surface area contributed by atoms with E-state index in [2.05, 4.69) is 37.4 Å². The molecular formula is C43H45N7O6. The number of nitrogens with one attached hydrogen (secondary N) is 3. The fraction of sp³-hybridized carbons (Fsp3) is 0.349. The average Bonchev–Trinajstić information content (AvgIpc) is 3.55. The summed E-state index contributed by atoms with van der Waals surface area (Å²) in [6, 6.07) is 21.6. The fourth-order valence-electron chi connectivity index (χ4n) is 8.08. The van der Waals surface area contributed by atoms with Crippen LogP contribution in [0.2, 0.25) is 0 Å². The molecule has 2 aromatic heterocycles. The summed E-state index contributed by atoms with van der Waals surface area (Å²) in [6.07, 6.45) is 8.06. The van der Waals surface area contributed by atoms with Gasteiger partial charge in [0.15, 0.2) is 0 Å². The van der Waals surface area contributed by atoms with E-state index in [9.17, 15) is 19.2 Å². The highest BCUT2D eigenvalue weighted by Gasteiger charge is 2.43. The molecule has 13 nitrogen and oxygen atoms in total. The van der Waals surface area contributed by atoms with Crippen LogP contribution < -0.4 is 10.2 Å². The number of esters is 1. The van der Waals surface area contributed by atoms with Crippen molar-refractivity contribution >= 4 is 35.5 Å². The lowest BCUT2D eigenvalue weighted by atomic mass is 9.99. The summed E-state index contributed by atoms with van der Waals surface area (Å²) < 4.78 is 9.80. The highest BCUT2D eigenvalue weighted by Crippen LogP contribution is 2.40. The van der Waals surface area contributed by atoms with Crippen molar-refractivity contribution in [2.75, 3.05) is 25.7 Å². The van der Waals surface area contributed by atoms with Crippen molar-refractivity contribution in [1.29, 1.82) is 0 Å². The van der Waals surface area contributed by atoms with Crippen LogP contribution in [0.5, 0.6) is 0 Å². The van der Waals surface area contributed by atoms with Crippen LogP contribution in [0.1, 0.15) is 62.0 Å². The molecule has 0 unspecified atom stereocenters. The standard InChI is InChI=1S/C43H45N7O6/c1-4-25-7-5-8-31-20-21-32(41(53)55-2)39(51)50(37(25)31)42-45-24-34(47-42)29-16-12-27(13-17-29)26-10-14-28(15-11-26)33-23-44-38(46-33)35-9-6-22-49(35)40(52)36(30-18-19-30)48-43(54)56-3/h5,7-8,10-17,23-24,30,32,35-36H,4,6,9,18-22H2,1-3H3,(H,44,46)(H,45,47)(H,48,54)/t32-,35-,36-/m0/s1. The first-order valence-electron chi connectivity index (χ1n) is 19.3. The van der Waals surface area contributed by atoms with Crippen LogP contribution >= 0.6 is 0 Å². The van der Waals surface area contributed by atoms with Gasteiger partial charge in [0.2, 0.25) is 17.8 Å². The van der Waals surface area contributed by atoms with Gasteiger partial charge >= 0.3 is 12.1 Å². The van der Waals surface area contributed by atoms with E-state index in [4.69, 9.17) is 9.47 Å². The Bertz CT molecular complexity index is 2260. The van der Waals surface area contributed by atoms with Crippen LogP contribution in [-0.2, 0) is 36.7 Å². The van der Waals surface area contributed by atoms with Crippen LogP contribution in [0.4, 0.5) is 16.4 Å². The van der Waals surface area contributed by atoms with E-state index >= 15 is 0 Å². The van der Waals surface area contributed by atoms with E-state index < -0.39 is 24.0 Å². The molecule has 3 aliphatic rings. The Morgan fingerprint density at radius 1 is 0.839 bits per heavy atom. The van der Waals surface area contributed by atoms with Crippen molar-refractivity contribution in [1.82, 2.24) is 30.2 Å². The van der Waals surface area contributed by atoms with Gasteiger partial charge in [-0.15, -0.1) is 0 Å². The second kappa shape index (κ2) is 15.5. The molecule has 8 rings (SSSR count). The molecule has 2 fully saturated rings. The van der Waals surface area contributed by atoms with Crippen molar-refractivity contribution < 1.29 is 28.7 Å². The van der Waals surface area contributed by atoms with Gasteiger partial charge in [-0.2, -0.15) is 0 Å². The third kappa shape index (κ3) is 7.04. The molecule has 0 bridgehead atoms.